The number of amides is 1. The van der Waals surface area contributed by atoms with Gasteiger partial charge in [0.05, 0.1) is 0 Å². The monoisotopic (exact) mass is 263 g/mol. The number of nitrogens with zero attached hydrogens (tertiary/aromatic N) is 1. The number of piperazine rings is 1. The lowest BCUT2D eigenvalue weighted by molar-refractivity contribution is 0.0735. The number of carbonyl (C=O) groups is 1. The van der Waals surface area contributed by atoms with Crippen LogP contribution in [0.5, 0.6) is 0 Å². The van der Waals surface area contributed by atoms with Crippen molar-refractivity contribution < 1.29 is 4.79 Å². The summed E-state index contributed by atoms with van der Waals surface area (Å²) in [5.41, 5.74) is 1.14. The van der Waals surface area contributed by atoms with Gasteiger partial charge in [0.25, 0.3) is 5.91 Å². The minimum absolute atomic E-state index is 0.0439. The molecule has 2 N–H and O–H groups in total. The lowest BCUT2D eigenvalue weighted by Crippen LogP contribution is -2.46. The van der Waals surface area contributed by atoms with Crippen molar-refractivity contribution in [2.75, 3.05) is 26.2 Å². The van der Waals surface area contributed by atoms with Gasteiger partial charge in [0, 0.05) is 43.5 Å². The van der Waals surface area contributed by atoms with Gasteiger partial charge in [-0.15, -0.1) is 0 Å². The number of carbonyl (C=O) groups excluding carboxylic acids is 1. The van der Waals surface area contributed by atoms with Crippen LogP contribution in [-0.2, 0) is 6.42 Å². The van der Waals surface area contributed by atoms with Gasteiger partial charge >= 0.3 is 0 Å². The molecule has 1 aromatic rings. The van der Waals surface area contributed by atoms with Gasteiger partial charge in [-0.25, -0.2) is 0 Å². The molecule has 5 nitrogen and oxygen atoms in total. The Morgan fingerprint density at radius 3 is 2.63 bits per heavy atom. The van der Waals surface area contributed by atoms with Crippen molar-refractivity contribution in [1.82, 2.24) is 15.2 Å². The second kappa shape index (κ2) is 6.02. The fourth-order valence-corrected chi connectivity index (χ4v) is 2.32. The number of aromatic amines is 1. The van der Waals surface area contributed by atoms with Gasteiger partial charge in [-0.05, 0) is 18.4 Å². The van der Waals surface area contributed by atoms with Crippen molar-refractivity contribution in [2.45, 2.75) is 20.3 Å². The van der Waals surface area contributed by atoms with E-state index in [1.54, 1.807) is 4.90 Å². The van der Waals surface area contributed by atoms with Crippen LogP contribution in [0.15, 0.2) is 16.9 Å². The topological polar surface area (TPSA) is 65.2 Å². The molecule has 19 heavy (non-hydrogen) atoms. The van der Waals surface area contributed by atoms with E-state index >= 15 is 0 Å². The second-order valence-corrected chi connectivity index (χ2v) is 5.40. The van der Waals surface area contributed by atoms with Crippen LogP contribution in [0.1, 0.15) is 29.9 Å². The number of pyridine rings is 1. The van der Waals surface area contributed by atoms with Crippen LogP contribution in [0.4, 0.5) is 0 Å². The Labute approximate surface area is 113 Å². The summed E-state index contributed by atoms with van der Waals surface area (Å²) in [5.74, 6) is 0.401. The van der Waals surface area contributed by atoms with Gasteiger partial charge in [-0.2, -0.15) is 0 Å². The van der Waals surface area contributed by atoms with Crippen LogP contribution in [-0.4, -0.2) is 42.0 Å². The summed E-state index contributed by atoms with van der Waals surface area (Å²) in [7, 11) is 0. The molecule has 2 heterocycles. The fourth-order valence-electron chi connectivity index (χ4n) is 2.32. The number of nitrogens with one attached hydrogen (secondary N) is 2. The van der Waals surface area contributed by atoms with E-state index in [1.807, 2.05) is 6.07 Å². The van der Waals surface area contributed by atoms with Crippen molar-refractivity contribution in [3.8, 4) is 0 Å². The standard InChI is InChI=1S/C14H21N3O2/c1-10(2)7-12-8-11(9-13(18)16-12)14(19)17-5-3-15-4-6-17/h8-10,15H,3-7H2,1-2H3,(H,16,18). The molecular weight excluding hydrogens is 242 g/mol. The van der Waals surface area contributed by atoms with Crippen LogP contribution < -0.4 is 10.9 Å². The molecule has 5 heteroatoms. The molecular formula is C14H21N3O2. The largest absolute Gasteiger partial charge is 0.336 e. The van der Waals surface area contributed by atoms with E-state index in [1.165, 1.54) is 6.07 Å². The molecule has 0 saturated carbocycles. The molecule has 1 aromatic heterocycles. The number of hydrogen-bond acceptors (Lipinski definition) is 3. The van der Waals surface area contributed by atoms with E-state index in [2.05, 4.69) is 24.1 Å². The smallest absolute Gasteiger partial charge is 0.254 e. The second-order valence-electron chi connectivity index (χ2n) is 5.40. The quantitative estimate of drug-likeness (QED) is 0.840. The summed E-state index contributed by atoms with van der Waals surface area (Å²) in [6.07, 6.45) is 0.776. The first-order valence-electron chi connectivity index (χ1n) is 6.79. The predicted molar refractivity (Wildman–Crippen MR) is 74.4 cm³/mol. The SMILES string of the molecule is CC(C)Cc1cc(C(=O)N2CCNCC2)cc(=O)[nH]1. The van der Waals surface area contributed by atoms with E-state index in [0.29, 0.717) is 24.6 Å². The molecule has 0 aliphatic carbocycles. The predicted octanol–water partition coefficient (Wildman–Crippen LogP) is 0.619. The highest BCUT2D eigenvalue weighted by molar-refractivity contribution is 5.94. The zero-order valence-corrected chi connectivity index (χ0v) is 11.5. The summed E-state index contributed by atoms with van der Waals surface area (Å²) in [6, 6.07) is 3.21. The van der Waals surface area contributed by atoms with Gasteiger partial charge in [0.1, 0.15) is 0 Å². The molecule has 0 aromatic carbocycles. The molecule has 1 fully saturated rings. The van der Waals surface area contributed by atoms with E-state index in [4.69, 9.17) is 0 Å². The first kappa shape index (κ1) is 13.8. The average Bonchev–Trinajstić information content (AvgIpc) is 2.37. The van der Waals surface area contributed by atoms with Crippen molar-refractivity contribution in [3.05, 3.63) is 33.7 Å². The van der Waals surface area contributed by atoms with E-state index < -0.39 is 0 Å². The summed E-state index contributed by atoms with van der Waals surface area (Å²) in [5, 5.41) is 3.21. The highest BCUT2D eigenvalue weighted by Crippen LogP contribution is 2.09. The van der Waals surface area contributed by atoms with Crippen LogP contribution in [0.3, 0.4) is 0 Å². The highest BCUT2D eigenvalue weighted by atomic mass is 16.2. The van der Waals surface area contributed by atoms with Crippen molar-refractivity contribution in [3.63, 3.8) is 0 Å². The molecule has 1 aliphatic rings. The summed E-state index contributed by atoms with van der Waals surface area (Å²) in [6.45, 7) is 7.20. The molecule has 1 saturated heterocycles. The maximum absolute atomic E-state index is 12.3. The Balaban J connectivity index is 2.20. The molecule has 0 bridgehead atoms. The molecule has 0 radical (unpaired) electrons. The lowest BCUT2D eigenvalue weighted by atomic mass is 10.1. The summed E-state index contributed by atoms with van der Waals surface area (Å²) < 4.78 is 0. The van der Waals surface area contributed by atoms with E-state index in [-0.39, 0.29) is 11.5 Å². The Bertz CT molecular complexity index is 502. The maximum Gasteiger partial charge on any atom is 0.254 e. The fraction of sp³-hybridized carbons (Fsp3) is 0.571. The zero-order chi connectivity index (χ0) is 13.8. The number of aromatic nitrogens is 1. The Hall–Kier alpha value is -1.62. The third-order valence-corrected chi connectivity index (χ3v) is 3.18. The normalized spacial score (nSPS) is 15.8. The third kappa shape index (κ3) is 3.67. The first-order chi connectivity index (χ1) is 9.06. The summed E-state index contributed by atoms with van der Waals surface area (Å²) in [4.78, 5) is 28.6. The van der Waals surface area contributed by atoms with Crippen LogP contribution in [0.25, 0.3) is 0 Å². The number of rotatable bonds is 3. The van der Waals surface area contributed by atoms with Gasteiger partial charge in [-0.1, -0.05) is 13.8 Å². The third-order valence-electron chi connectivity index (χ3n) is 3.18. The Morgan fingerprint density at radius 1 is 1.32 bits per heavy atom. The lowest BCUT2D eigenvalue weighted by Gasteiger charge is -2.27. The highest BCUT2D eigenvalue weighted by Gasteiger charge is 2.18. The van der Waals surface area contributed by atoms with Gasteiger partial charge < -0.3 is 15.2 Å². The zero-order valence-electron chi connectivity index (χ0n) is 11.5. The number of hydrogen-bond donors (Lipinski definition) is 2. The van der Waals surface area contributed by atoms with Crippen LogP contribution >= 0.6 is 0 Å². The first-order valence-corrected chi connectivity index (χ1v) is 6.79. The van der Waals surface area contributed by atoms with Crippen molar-refractivity contribution >= 4 is 5.91 Å². The molecule has 0 spiro atoms. The minimum atomic E-state index is -0.198. The van der Waals surface area contributed by atoms with Crippen LogP contribution in [0, 0.1) is 5.92 Å². The minimum Gasteiger partial charge on any atom is -0.336 e. The summed E-state index contributed by atoms with van der Waals surface area (Å²) >= 11 is 0. The molecule has 0 unspecified atom stereocenters. The van der Waals surface area contributed by atoms with Gasteiger partial charge in [0.2, 0.25) is 5.56 Å². The van der Waals surface area contributed by atoms with Crippen molar-refractivity contribution in [2.24, 2.45) is 5.92 Å². The molecule has 104 valence electrons. The molecule has 2 rings (SSSR count). The number of H-pyrrole nitrogens is 1. The Morgan fingerprint density at radius 2 is 2.00 bits per heavy atom. The average molecular weight is 263 g/mol. The molecule has 0 atom stereocenters. The molecule has 1 aliphatic heterocycles. The Kier molecular flexibility index (Phi) is 4.37. The van der Waals surface area contributed by atoms with E-state index in [0.717, 1.165) is 25.2 Å². The maximum atomic E-state index is 12.3. The van der Waals surface area contributed by atoms with Crippen molar-refractivity contribution in [1.29, 1.82) is 0 Å². The van der Waals surface area contributed by atoms with Gasteiger partial charge in [-0.3, -0.25) is 9.59 Å². The van der Waals surface area contributed by atoms with Crippen LogP contribution in [0.2, 0.25) is 0 Å². The van der Waals surface area contributed by atoms with Gasteiger partial charge in [0.15, 0.2) is 0 Å². The molecule has 1 amide bonds. The van der Waals surface area contributed by atoms with E-state index in [9.17, 15) is 9.59 Å².